The highest BCUT2D eigenvalue weighted by molar-refractivity contribution is 6.34. The van der Waals surface area contributed by atoms with Gasteiger partial charge in [0.25, 0.3) is 17.7 Å². The van der Waals surface area contributed by atoms with Gasteiger partial charge in [-0.3, -0.25) is 14.4 Å². The van der Waals surface area contributed by atoms with Crippen LogP contribution in [-0.4, -0.2) is 27.7 Å². The molecule has 0 aliphatic carbocycles. The molecule has 5 N–H and O–H groups in total. The second-order valence-corrected chi connectivity index (χ2v) is 6.12. The van der Waals surface area contributed by atoms with Crippen LogP contribution in [0.25, 0.3) is 0 Å². The lowest BCUT2D eigenvalue weighted by molar-refractivity contribution is 0.0972. The van der Waals surface area contributed by atoms with Gasteiger partial charge in [-0.25, -0.2) is 13.8 Å². The van der Waals surface area contributed by atoms with E-state index in [0.717, 1.165) is 24.5 Å². The van der Waals surface area contributed by atoms with Gasteiger partial charge in [-0.1, -0.05) is 11.6 Å². The van der Waals surface area contributed by atoms with Gasteiger partial charge < -0.3 is 21.4 Å². The maximum atomic E-state index is 14.3. The number of benzene rings is 2. The molecule has 0 saturated carbocycles. The number of nitrogens with zero attached hydrogens (tertiary/aromatic N) is 1. The molecule has 0 atom stereocenters. The van der Waals surface area contributed by atoms with E-state index >= 15 is 0 Å². The number of aromatic nitrogens is 2. The highest BCUT2D eigenvalue weighted by atomic mass is 35.5. The number of carbonyl (C=O) groups excluding carboxylic acids is 3. The summed E-state index contributed by atoms with van der Waals surface area (Å²) in [4.78, 5) is 41.7. The first-order valence-electron chi connectivity index (χ1n) is 7.96. The Kier molecular flexibility index (Phi) is 5.55. The minimum atomic E-state index is -0.903. The number of hydrogen-bond donors (Lipinski definition) is 4. The molecule has 0 spiro atoms. The van der Waals surface area contributed by atoms with E-state index in [1.807, 2.05) is 0 Å². The van der Waals surface area contributed by atoms with E-state index < -0.39 is 29.4 Å². The average Bonchev–Trinajstić information content (AvgIpc) is 3.14. The van der Waals surface area contributed by atoms with Gasteiger partial charge in [-0.15, -0.1) is 0 Å². The monoisotopic (exact) mass is 419 g/mol. The number of nitrogens with two attached hydrogens (primary N) is 1. The zero-order chi connectivity index (χ0) is 21.1. The molecule has 3 amide bonds. The quantitative estimate of drug-likeness (QED) is 0.506. The molecular formula is C18H12ClF2N5O3. The second kappa shape index (κ2) is 8.07. The van der Waals surface area contributed by atoms with E-state index in [4.69, 9.17) is 17.3 Å². The Morgan fingerprint density at radius 3 is 2.45 bits per heavy atom. The van der Waals surface area contributed by atoms with Gasteiger partial charge in [-0.2, -0.15) is 0 Å². The molecule has 1 aromatic heterocycles. The average molecular weight is 420 g/mol. The minimum Gasteiger partial charge on any atom is -0.364 e. The number of hydrogen-bond acceptors (Lipinski definition) is 4. The van der Waals surface area contributed by atoms with Crippen molar-refractivity contribution in [2.45, 2.75) is 0 Å². The molecular weight excluding hydrogens is 408 g/mol. The van der Waals surface area contributed by atoms with Crippen LogP contribution in [0.15, 0.2) is 42.7 Å². The Labute approximate surface area is 167 Å². The smallest absolute Gasteiger partial charge is 0.274 e. The summed E-state index contributed by atoms with van der Waals surface area (Å²) in [5.74, 6) is -3.87. The number of amides is 3. The fourth-order valence-electron chi connectivity index (χ4n) is 2.41. The molecule has 0 aliphatic rings. The highest BCUT2D eigenvalue weighted by Gasteiger charge is 2.19. The molecule has 148 valence electrons. The van der Waals surface area contributed by atoms with E-state index in [-0.39, 0.29) is 33.3 Å². The first-order valence-corrected chi connectivity index (χ1v) is 8.34. The summed E-state index contributed by atoms with van der Waals surface area (Å²) in [7, 11) is 0. The number of anilines is 2. The first kappa shape index (κ1) is 20.0. The summed E-state index contributed by atoms with van der Waals surface area (Å²) in [5.41, 5.74) is 4.50. The van der Waals surface area contributed by atoms with Gasteiger partial charge in [0.05, 0.1) is 22.6 Å². The van der Waals surface area contributed by atoms with Crippen LogP contribution in [0.5, 0.6) is 0 Å². The van der Waals surface area contributed by atoms with Gasteiger partial charge in [0, 0.05) is 5.69 Å². The fourth-order valence-corrected chi connectivity index (χ4v) is 2.66. The van der Waals surface area contributed by atoms with Crippen LogP contribution in [0.4, 0.5) is 20.2 Å². The van der Waals surface area contributed by atoms with Crippen LogP contribution in [0.1, 0.15) is 31.3 Å². The molecule has 1 heterocycles. The third-order valence-electron chi connectivity index (χ3n) is 3.75. The molecule has 0 saturated heterocycles. The maximum Gasteiger partial charge on any atom is 0.274 e. The molecule has 3 rings (SSSR count). The number of nitrogens with one attached hydrogen (secondary N) is 3. The van der Waals surface area contributed by atoms with Crippen molar-refractivity contribution in [1.82, 2.24) is 9.97 Å². The maximum absolute atomic E-state index is 14.3. The molecule has 11 heteroatoms. The fraction of sp³-hybridized carbons (Fsp3) is 0. The molecule has 0 unspecified atom stereocenters. The van der Waals surface area contributed by atoms with Crippen molar-refractivity contribution in [1.29, 1.82) is 0 Å². The van der Waals surface area contributed by atoms with Crippen molar-refractivity contribution < 1.29 is 23.2 Å². The first-order chi connectivity index (χ1) is 13.8. The number of aromatic amines is 1. The summed E-state index contributed by atoms with van der Waals surface area (Å²) in [6, 6.07) is 6.67. The Morgan fingerprint density at radius 2 is 1.79 bits per heavy atom. The van der Waals surface area contributed by atoms with Gasteiger partial charge >= 0.3 is 0 Å². The Balaban J connectivity index is 1.74. The summed E-state index contributed by atoms with van der Waals surface area (Å²) < 4.78 is 27.4. The largest absolute Gasteiger partial charge is 0.364 e. The zero-order valence-corrected chi connectivity index (χ0v) is 15.2. The molecule has 2 aromatic carbocycles. The van der Waals surface area contributed by atoms with Gasteiger partial charge in [0.2, 0.25) is 0 Å². The molecule has 0 radical (unpaired) electrons. The van der Waals surface area contributed by atoms with Crippen molar-refractivity contribution in [3.8, 4) is 0 Å². The molecule has 0 bridgehead atoms. The van der Waals surface area contributed by atoms with Crippen LogP contribution < -0.4 is 16.4 Å². The van der Waals surface area contributed by atoms with E-state index in [9.17, 15) is 23.2 Å². The number of H-pyrrole nitrogens is 1. The predicted octanol–water partition coefficient (Wildman–Crippen LogP) is 2.94. The van der Waals surface area contributed by atoms with E-state index in [1.54, 1.807) is 0 Å². The zero-order valence-electron chi connectivity index (χ0n) is 14.4. The van der Waals surface area contributed by atoms with Crippen molar-refractivity contribution in [3.63, 3.8) is 0 Å². The van der Waals surface area contributed by atoms with Gasteiger partial charge in [-0.05, 0) is 36.4 Å². The van der Waals surface area contributed by atoms with Crippen LogP contribution in [0.2, 0.25) is 5.02 Å². The summed E-state index contributed by atoms with van der Waals surface area (Å²) >= 11 is 5.81. The van der Waals surface area contributed by atoms with Crippen molar-refractivity contribution in [3.05, 3.63) is 76.3 Å². The standard InChI is InChI=1S/C18H12ClF2N5O3/c19-11-5-8(20)1-3-10(11)17(28)26-13-4-2-9(6-12(13)21)25-18(29)15-14(16(22)27)23-7-24-15/h1-7H,(H2,22,27)(H,23,24)(H,25,29)(H,26,28). The number of primary amides is 1. The van der Waals surface area contributed by atoms with Crippen LogP contribution in [0, 0.1) is 11.6 Å². The van der Waals surface area contributed by atoms with Crippen LogP contribution in [-0.2, 0) is 0 Å². The number of carbonyl (C=O) groups is 3. The second-order valence-electron chi connectivity index (χ2n) is 5.72. The SMILES string of the molecule is NC(=O)c1nc[nH]c1C(=O)Nc1ccc(NC(=O)c2ccc(F)cc2Cl)c(F)c1. The summed E-state index contributed by atoms with van der Waals surface area (Å²) in [5, 5.41) is 4.55. The lowest BCUT2D eigenvalue weighted by Crippen LogP contribution is -2.20. The molecule has 29 heavy (non-hydrogen) atoms. The Bertz CT molecular complexity index is 1130. The van der Waals surface area contributed by atoms with Crippen molar-refractivity contribution in [2.24, 2.45) is 5.73 Å². The Morgan fingerprint density at radius 1 is 1.03 bits per heavy atom. The van der Waals surface area contributed by atoms with Crippen LogP contribution in [0.3, 0.4) is 0 Å². The minimum absolute atomic E-state index is 0.0388. The number of imidazole rings is 1. The number of rotatable bonds is 5. The highest BCUT2D eigenvalue weighted by Crippen LogP contribution is 2.23. The lowest BCUT2D eigenvalue weighted by atomic mass is 10.2. The van der Waals surface area contributed by atoms with E-state index in [2.05, 4.69) is 20.6 Å². The molecule has 0 aliphatic heterocycles. The molecule has 8 nitrogen and oxygen atoms in total. The normalized spacial score (nSPS) is 10.4. The summed E-state index contributed by atoms with van der Waals surface area (Å²) in [6.45, 7) is 0. The van der Waals surface area contributed by atoms with Crippen LogP contribution >= 0.6 is 11.6 Å². The van der Waals surface area contributed by atoms with Gasteiger partial charge in [0.1, 0.15) is 17.3 Å². The van der Waals surface area contributed by atoms with E-state index in [0.29, 0.717) is 0 Å². The third kappa shape index (κ3) is 4.38. The van der Waals surface area contributed by atoms with E-state index in [1.165, 1.54) is 18.2 Å². The molecule has 3 aromatic rings. The Hall–Kier alpha value is -3.79. The summed E-state index contributed by atoms with van der Waals surface area (Å²) in [6.07, 6.45) is 1.12. The predicted molar refractivity (Wildman–Crippen MR) is 101 cm³/mol. The van der Waals surface area contributed by atoms with Crippen molar-refractivity contribution >= 4 is 40.7 Å². The van der Waals surface area contributed by atoms with Gasteiger partial charge in [0.15, 0.2) is 5.69 Å². The topological polar surface area (TPSA) is 130 Å². The molecule has 0 fully saturated rings. The number of halogens is 3. The van der Waals surface area contributed by atoms with Crippen molar-refractivity contribution in [2.75, 3.05) is 10.6 Å². The third-order valence-corrected chi connectivity index (χ3v) is 4.06. The lowest BCUT2D eigenvalue weighted by Gasteiger charge is -2.10.